The molecule has 2 atom stereocenters. The average molecular weight is 235 g/mol. The standard InChI is InChI=1S/C13H17NO3/c1-17-12(16)6-5-9-10(14)7-8-3-2-4-11(15)13(8)9/h2-4,9-10,15H,5-7,14H2,1H3. The highest BCUT2D eigenvalue weighted by Gasteiger charge is 2.32. The molecule has 1 aromatic rings. The van der Waals surface area contributed by atoms with Crippen molar-refractivity contribution in [3.05, 3.63) is 29.3 Å². The van der Waals surface area contributed by atoms with Crippen LogP contribution in [-0.4, -0.2) is 24.2 Å². The van der Waals surface area contributed by atoms with Gasteiger partial charge in [0, 0.05) is 23.9 Å². The van der Waals surface area contributed by atoms with Gasteiger partial charge in [-0.25, -0.2) is 0 Å². The number of carbonyl (C=O) groups is 1. The molecular weight excluding hydrogens is 218 g/mol. The number of nitrogens with two attached hydrogens (primary N) is 1. The van der Waals surface area contributed by atoms with E-state index < -0.39 is 0 Å². The zero-order chi connectivity index (χ0) is 12.4. The van der Waals surface area contributed by atoms with E-state index in [2.05, 4.69) is 4.74 Å². The summed E-state index contributed by atoms with van der Waals surface area (Å²) in [6, 6.07) is 5.45. The van der Waals surface area contributed by atoms with Crippen molar-refractivity contribution in [2.45, 2.75) is 31.2 Å². The van der Waals surface area contributed by atoms with Crippen LogP contribution in [0.1, 0.15) is 29.9 Å². The number of phenolic OH excluding ortho intramolecular Hbond substituents is 1. The molecule has 0 fully saturated rings. The fraction of sp³-hybridized carbons (Fsp3) is 0.462. The van der Waals surface area contributed by atoms with Crippen LogP contribution < -0.4 is 5.73 Å². The molecule has 0 amide bonds. The Balaban J connectivity index is 2.17. The maximum absolute atomic E-state index is 11.1. The van der Waals surface area contributed by atoms with Gasteiger partial charge in [0.1, 0.15) is 5.75 Å². The molecule has 3 N–H and O–H groups in total. The Kier molecular flexibility index (Phi) is 3.33. The molecule has 1 aliphatic rings. The van der Waals surface area contributed by atoms with Crippen molar-refractivity contribution >= 4 is 5.97 Å². The lowest BCUT2D eigenvalue weighted by Crippen LogP contribution is -2.25. The molecule has 0 heterocycles. The summed E-state index contributed by atoms with van der Waals surface area (Å²) in [6.45, 7) is 0. The SMILES string of the molecule is COC(=O)CCC1c2c(O)cccc2CC1N. The number of hydrogen-bond donors (Lipinski definition) is 2. The van der Waals surface area contributed by atoms with Crippen molar-refractivity contribution < 1.29 is 14.6 Å². The minimum absolute atomic E-state index is 0.0250. The number of hydrogen-bond acceptors (Lipinski definition) is 4. The van der Waals surface area contributed by atoms with Gasteiger partial charge in [-0.3, -0.25) is 4.79 Å². The van der Waals surface area contributed by atoms with Crippen molar-refractivity contribution in [2.24, 2.45) is 5.73 Å². The number of fused-ring (bicyclic) bond motifs is 1. The summed E-state index contributed by atoms with van der Waals surface area (Å²) in [5.74, 6) is 0.0942. The first kappa shape index (κ1) is 11.9. The van der Waals surface area contributed by atoms with Gasteiger partial charge in [-0.2, -0.15) is 0 Å². The maximum atomic E-state index is 11.1. The van der Waals surface area contributed by atoms with Crippen LogP contribution in [0, 0.1) is 0 Å². The first-order chi connectivity index (χ1) is 8.13. The predicted molar refractivity (Wildman–Crippen MR) is 63.8 cm³/mol. The van der Waals surface area contributed by atoms with Crippen molar-refractivity contribution in [3.63, 3.8) is 0 Å². The second kappa shape index (κ2) is 4.75. The Labute approximate surface area is 100 Å². The van der Waals surface area contributed by atoms with Gasteiger partial charge in [-0.05, 0) is 24.5 Å². The lowest BCUT2D eigenvalue weighted by molar-refractivity contribution is -0.140. The smallest absolute Gasteiger partial charge is 0.305 e. The molecule has 0 saturated heterocycles. The van der Waals surface area contributed by atoms with Crippen LogP contribution in [0.25, 0.3) is 0 Å². The number of ether oxygens (including phenoxy) is 1. The molecule has 92 valence electrons. The number of benzene rings is 1. The van der Waals surface area contributed by atoms with Gasteiger partial charge in [-0.15, -0.1) is 0 Å². The second-order valence-electron chi connectivity index (χ2n) is 4.44. The van der Waals surface area contributed by atoms with E-state index in [4.69, 9.17) is 5.73 Å². The minimum Gasteiger partial charge on any atom is -0.508 e. The first-order valence-corrected chi connectivity index (χ1v) is 5.76. The lowest BCUT2D eigenvalue weighted by atomic mass is 9.93. The van der Waals surface area contributed by atoms with E-state index in [0.717, 1.165) is 17.5 Å². The van der Waals surface area contributed by atoms with Gasteiger partial charge < -0.3 is 15.6 Å². The molecule has 0 aromatic heterocycles. The fourth-order valence-corrected chi connectivity index (χ4v) is 2.55. The first-order valence-electron chi connectivity index (χ1n) is 5.76. The summed E-state index contributed by atoms with van der Waals surface area (Å²) >= 11 is 0. The fourth-order valence-electron chi connectivity index (χ4n) is 2.55. The summed E-state index contributed by atoms with van der Waals surface area (Å²) in [7, 11) is 1.38. The van der Waals surface area contributed by atoms with Gasteiger partial charge in [-0.1, -0.05) is 12.1 Å². The normalized spacial score (nSPS) is 22.2. The Morgan fingerprint density at radius 3 is 3.06 bits per heavy atom. The number of methoxy groups -OCH3 is 1. The summed E-state index contributed by atoms with van der Waals surface area (Å²) in [6.07, 6.45) is 1.72. The minimum atomic E-state index is -0.235. The molecule has 4 heteroatoms. The van der Waals surface area contributed by atoms with Gasteiger partial charge in [0.2, 0.25) is 0 Å². The summed E-state index contributed by atoms with van der Waals surface area (Å²) < 4.78 is 4.62. The third-order valence-corrected chi connectivity index (χ3v) is 3.40. The molecule has 0 radical (unpaired) electrons. The van der Waals surface area contributed by atoms with Crippen molar-refractivity contribution in [3.8, 4) is 5.75 Å². The van der Waals surface area contributed by atoms with Crippen molar-refractivity contribution in [1.82, 2.24) is 0 Å². The van der Waals surface area contributed by atoms with Gasteiger partial charge in [0.05, 0.1) is 7.11 Å². The molecule has 1 aromatic carbocycles. The molecule has 17 heavy (non-hydrogen) atoms. The molecule has 0 spiro atoms. The van der Waals surface area contributed by atoms with Gasteiger partial charge in [0.25, 0.3) is 0 Å². The van der Waals surface area contributed by atoms with Crippen LogP contribution in [0.5, 0.6) is 5.75 Å². The zero-order valence-electron chi connectivity index (χ0n) is 9.85. The Morgan fingerprint density at radius 2 is 2.35 bits per heavy atom. The summed E-state index contributed by atoms with van der Waals surface area (Å²) in [4.78, 5) is 11.1. The van der Waals surface area contributed by atoms with E-state index in [0.29, 0.717) is 12.8 Å². The monoisotopic (exact) mass is 235 g/mol. The van der Waals surface area contributed by atoms with E-state index in [-0.39, 0.29) is 23.7 Å². The number of esters is 1. The van der Waals surface area contributed by atoms with Crippen molar-refractivity contribution in [2.75, 3.05) is 7.11 Å². The quantitative estimate of drug-likeness (QED) is 0.775. The molecule has 0 saturated carbocycles. The Hall–Kier alpha value is -1.55. The van der Waals surface area contributed by atoms with Gasteiger partial charge in [0.15, 0.2) is 0 Å². The van der Waals surface area contributed by atoms with E-state index in [1.165, 1.54) is 7.11 Å². The third kappa shape index (κ3) is 2.26. The van der Waals surface area contributed by atoms with Crippen LogP contribution in [0.3, 0.4) is 0 Å². The molecule has 2 unspecified atom stereocenters. The van der Waals surface area contributed by atoms with E-state index in [9.17, 15) is 9.90 Å². The number of phenols is 1. The van der Waals surface area contributed by atoms with Gasteiger partial charge >= 0.3 is 5.97 Å². The van der Waals surface area contributed by atoms with E-state index in [1.54, 1.807) is 6.07 Å². The Morgan fingerprint density at radius 1 is 1.59 bits per heavy atom. The molecule has 0 bridgehead atoms. The van der Waals surface area contributed by atoms with Crippen LogP contribution in [-0.2, 0) is 16.0 Å². The highest BCUT2D eigenvalue weighted by Crippen LogP contribution is 2.40. The van der Waals surface area contributed by atoms with Crippen LogP contribution in [0.4, 0.5) is 0 Å². The average Bonchev–Trinajstić information content (AvgIpc) is 2.63. The summed E-state index contributed by atoms with van der Waals surface area (Å²) in [5.41, 5.74) is 8.06. The largest absolute Gasteiger partial charge is 0.508 e. The van der Waals surface area contributed by atoms with Crippen LogP contribution in [0.15, 0.2) is 18.2 Å². The highest BCUT2D eigenvalue weighted by atomic mass is 16.5. The maximum Gasteiger partial charge on any atom is 0.305 e. The molecule has 2 rings (SSSR count). The molecular formula is C13H17NO3. The molecule has 0 aliphatic heterocycles. The van der Waals surface area contributed by atoms with Crippen LogP contribution >= 0.6 is 0 Å². The highest BCUT2D eigenvalue weighted by molar-refractivity contribution is 5.69. The zero-order valence-corrected chi connectivity index (χ0v) is 9.85. The number of aromatic hydroxyl groups is 1. The van der Waals surface area contributed by atoms with E-state index >= 15 is 0 Å². The Bertz CT molecular complexity index is 431. The number of carbonyl (C=O) groups excluding carboxylic acids is 1. The van der Waals surface area contributed by atoms with E-state index in [1.807, 2.05) is 12.1 Å². The second-order valence-corrected chi connectivity index (χ2v) is 4.44. The number of rotatable bonds is 3. The van der Waals surface area contributed by atoms with Crippen molar-refractivity contribution in [1.29, 1.82) is 0 Å². The molecule has 4 nitrogen and oxygen atoms in total. The molecule has 1 aliphatic carbocycles. The third-order valence-electron chi connectivity index (χ3n) is 3.40. The predicted octanol–water partition coefficient (Wildman–Crippen LogP) is 1.31. The topological polar surface area (TPSA) is 72.5 Å². The summed E-state index contributed by atoms with van der Waals surface area (Å²) in [5, 5.41) is 9.87. The lowest BCUT2D eigenvalue weighted by Gasteiger charge is -2.16. The van der Waals surface area contributed by atoms with Crippen LogP contribution in [0.2, 0.25) is 0 Å².